The van der Waals surface area contributed by atoms with Crippen molar-refractivity contribution in [2.24, 2.45) is 0 Å². The molecule has 17 heteroatoms. The third kappa shape index (κ3) is 31.6. The first-order valence-electron chi connectivity index (χ1n) is 8.92. The largest absolute Gasteiger partial charge is 0.389 e. The lowest BCUT2D eigenvalue weighted by Crippen LogP contribution is -2.23. The van der Waals surface area contributed by atoms with Crippen molar-refractivity contribution in [3.63, 3.8) is 0 Å². The summed E-state index contributed by atoms with van der Waals surface area (Å²) in [5, 5.41) is 35.2. The van der Waals surface area contributed by atoms with Crippen molar-refractivity contribution < 1.29 is 20.4 Å². The summed E-state index contributed by atoms with van der Waals surface area (Å²) >= 11 is 63.2. The fourth-order valence-electron chi connectivity index (χ4n) is 0.926. The molecular formula is C16H32Cl12O4Si. The van der Waals surface area contributed by atoms with Crippen LogP contribution < -0.4 is 0 Å². The smallest absolute Gasteiger partial charge is 0.215 e. The average Bonchev–Trinajstić information content (AvgIpc) is 2.63. The molecule has 0 rings (SSSR count). The minimum atomic E-state index is -1.52. The molecule has 0 bridgehead atoms. The van der Waals surface area contributed by atoms with Gasteiger partial charge in [-0.2, -0.15) is 0 Å². The summed E-state index contributed by atoms with van der Waals surface area (Å²) in [7, 11) is 0. The average molecular weight is 742 g/mol. The Morgan fingerprint density at radius 3 is 0.485 bits per heavy atom. The molecule has 4 atom stereocenters. The van der Waals surface area contributed by atoms with E-state index in [2.05, 4.69) is 0 Å². The molecule has 0 aliphatic carbocycles. The molecule has 0 radical (unpaired) electrons. The predicted molar refractivity (Wildman–Crippen MR) is 158 cm³/mol. The van der Waals surface area contributed by atoms with Gasteiger partial charge in [-0.05, 0) is 36.6 Å². The highest BCUT2D eigenvalue weighted by molar-refractivity contribution is 6.69. The molecule has 0 aromatic carbocycles. The van der Waals surface area contributed by atoms with E-state index < -0.39 is 39.6 Å². The molecule has 4 nitrogen and oxygen atoms in total. The summed E-state index contributed by atoms with van der Waals surface area (Å²) in [5.74, 6) is 0. The number of hydrogen-bond acceptors (Lipinski definition) is 4. The number of aliphatic hydroxyl groups is 4. The van der Waals surface area contributed by atoms with Crippen LogP contribution in [0.2, 0.25) is 0 Å². The Morgan fingerprint density at radius 2 is 0.485 bits per heavy atom. The first-order chi connectivity index (χ1) is 13.9. The summed E-state index contributed by atoms with van der Waals surface area (Å²) in [6.07, 6.45) is -1.60. The molecule has 0 saturated heterocycles. The molecule has 0 saturated carbocycles. The summed E-state index contributed by atoms with van der Waals surface area (Å²) in [4.78, 5) is 0. The molecule has 4 unspecified atom stereocenters. The quantitative estimate of drug-likeness (QED) is 0.184. The van der Waals surface area contributed by atoms with Gasteiger partial charge in [-0.1, -0.05) is 167 Å². The van der Waals surface area contributed by atoms with Crippen LogP contribution in [0.3, 0.4) is 0 Å². The predicted octanol–water partition coefficient (Wildman–Crippen LogP) is 7.06. The van der Waals surface area contributed by atoms with E-state index in [0.717, 1.165) is 0 Å². The zero-order chi connectivity index (χ0) is 27.1. The molecular weight excluding hydrogens is 710 g/mol. The number of hydrogen-bond donors (Lipinski definition) is 4. The van der Waals surface area contributed by atoms with Gasteiger partial charge in [0.2, 0.25) is 15.2 Å². The van der Waals surface area contributed by atoms with Crippen molar-refractivity contribution in [2.75, 3.05) is 0 Å². The highest BCUT2D eigenvalue weighted by Crippen LogP contribution is 2.33. The van der Waals surface area contributed by atoms with E-state index in [-0.39, 0.29) is 11.0 Å². The third-order valence-electron chi connectivity index (χ3n) is 3.06. The summed E-state index contributed by atoms with van der Waals surface area (Å²) < 4.78 is -6.08. The van der Waals surface area contributed by atoms with Gasteiger partial charge in [0, 0.05) is 0 Å². The van der Waals surface area contributed by atoms with Crippen LogP contribution in [0.4, 0.5) is 0 Å². The zero-order valence-corrected chi connectivity index (χ0v) is 26.5. The van der Waals surface area contributed by atoms with E-state index in [0.29, 0.717) is 25.7 Å². The van der Waals surface area contributed by atoms with Crippen LogP contribution in [0, 0.1) is 0 Å². The fraction of sp³-hybridized carbons (Fsp3) is 1.00. The molecule has 208 valence electrons. The van der Waals surface area contributed by atoms with Gasteiger partial charge in [0.25, 0.3) is 0 Å². The van der Waals surface area contributed by atoms with E-state index in [9.17, 15) is 0 Å². The first-order valence-corrected chi connectivity index (χ1v) is 13.5. The SMILES string of the molecule is CCC(O)C(Cl)(Cl)Cl.CCC(O)C(Cl)(Cl)Cl.CCC(O)C(Cl)(Cl)Cl.CCC(O)C(Cl)(Cl)Cl.[SiH4]. The minimum absolute atomic E-state index is 0. The topological polar surface area (TPSA) is 80.9 Å². The molecule has 0 fully saturated rings. The Balaban J connectivity index is -0.000000105. The second kappa shape index (κ2) is 22.4. The normalized spacial score (nSPS) is 15.6. The van der Waals surface area contributed by atoms with Gasteiger partial charge in [0.1, 0.15) is 24.4 Å². The summed E-state index contributed by atoms with van der Waals surface area (Å²) in [5.41, 5.74) is 0. The Labute approximate surface area is 261 Å². The molecule has 0 aromatic rings. The van der Waals surface area contributed by atoms with E-state index >= 15 is 0 Å². The van der Waals surface area contributed by atoms with Gasteiger partial charge < -0.3 is 20.4 Å². The number of halogens is 12. The zero-order valence-electron chi connectivity index (χ0n) is 17.5. The Hall–Kier alpha value is 3.54. The summed E-state index contributed by atoms with van der Waals surface area (Å²) in [6.45, 7) is 6.97. The number of rotatable bonds is 4. The number of aliphatic hydroxyl groups excluding tert-OH is 4. The summed E-state index contributed by atoms with van der Waals surface area (Å²) in [6, 6.07) is 0. The first kappa shape index (κ1) is 46.4. The highest BCUT2D eigenvalue weighted by Gasteiger charge is 2.30. The lowest BCUT2D eigenvalue weighted by Gasteiger charge is -2.15. The molecule has 4 N–H and O–H groups in total. The van der Waals surface area contributed by atoms with E-state index in [1.807, 2.05) is 0 Å². The lowest BCUT2D eigenvalue weighted by molar-refractivity contribution is 0.174. The van der Waals surface area contributed by atoms with Crippen molar-refractivity contribution >= 4 is 150 Å². The molecule has 0 amide bonds. The minimum Gasteiger partial charge on any atom is -0.389 e. The van der Waals surface area contributed by atoms with Crippen molar-refractivity contribution in [3.8, 4) is 0 Å². The monoisotopic (exact) mass is 736 g/mol. The second-order valence-corrected chi connectivity index (χ2v) is 15.3. The maximum Gasteiger partial charge on any atom is 0.215 e. The van der Waals surface area contributed by atoms with Crippen LogP contribution in [-0.2, 0) is 0 Å². The highest BCUT2D eigenvalue weighted by atomic mass is 35.6. The van der Waals surface area contributed by atoms with Crippen molar-refractivity contribution in [1.29, 1.82) is 0 Å². The molecule has 0 aliphatic rings. The van der Waals surface area contributed by atoms with Crippen LogP contribution in [0.15, 0.2) is 0 Å². The molecule has 0 aromatic heterocycles. The van der Waals surface area contributed by atoms with Crippen LogP contribution in [0.25, 0.3) is 0 Å². The van der Waals surface area contributed by atoms with Crippen LogP contribution >= 0.6 is 139 Å². The maximum atomic E-state index is 8.80. The van der Waals surface area contributed by atoms with E-state index in [1.165, 1.54) is 0 Å². The fourth-order valence-corrected chi connectivity index (χ4v) is 2.78. The van der Waals surface area contributed by atoms with Crippen LogP contribution in [-0.4, -0.2) is 71.0 Å². The molecule has 0 spiro atoms. The Kier molecular flexibility index (Phi) is 31.4. The van der Waals surface area contributed by atoms with Crippen molar-refractivity contribution in [2.45, 2.75) is 93.0 Å². The van der Waals surface area contributed by atoms with Gasteiger partial charge >= 0.3 is 0 Å². The third-order valence-corrected chi connectivity index (χ3v) is 6.08. The standard InChI is InChI=1S/4C4H7Cl3O.H4Si/c4*1-2-3(8)4(5,6)7;/h4*3,8H,2H2,1H3;1H4. The van der Waals surface area contributed by atoms with Crippen molar-refractivity contribution in [1.82, 2.24) is 0 Å². The molecule has 0 heterocycles. The Morgan fingerprint density at radius 1 is 0.394 bits per heavy atom. The lowest BCUT2D eigenvalue weighted by atomic mass is 10.3. The van der Waals surface area contributed by atoms with Crippen LogP contribution in [0.1, 0.15) is 53.4 Å². The maximum absolute atomic E-state index is 8.80. The molecule has 33 heavy (non-hydrogen) atoms. The van der Waals surface area contributed by atoms with Gasteiger partial charge in [-0.3, -0.25) is 0 Å². The van der Waals surface area contributed by atoms with Gasteiger partial charge in [0.05, 0.1) is 0 Å². The van der Waals surface area contributed by atoms with E-state index in [4.69, 9.17) is 160 Å². The number of alkyl halides is 12. The van der Waals surface area contributed by atoms with Crippen LogP contribution in [0.5, 0.6) is 0 Å². The van der Waals surface area contributed by atoms with Gasteiger partial charge in [0.15, 0.2) is 0 Å². The van der Waals surface area contributed by atoms with Gasteiger partial charge in [-0.25, -0.2) is 0 Å². The van der Waals surface area contributed by atoms with Crippen molar-refractivity contribution in [3.05, 3.63) is 0 Å². The van der Waals surface area contributed by atoms with Gasteiger partial charge in [-0.15, -0.1) is 0 Å². The van der Waals surface area contributed by atoms with E-state index in [1.54, 1.807) is 27.7 Å². The molecule has 0 aliphatic heterocycles. The Bertz CT molecular complexity index is 359. The second-order valence-electron chi connectivity index (χ2n) is 5.86.